The number of hydrogen-bond donors (Lipinski definition) is 0. The normalized spacial score (nSPS) is 12.7. The third-order valence-electron chi connectivity index (χ3n) is 12.2. The van der Waals surface area contributed by atoms with Crippen molar-refractivity contribution >= 4 is 77.5 Å². The summed E-state index contributed by atoms with van der Waals surface area (Å²) in [6.07, 6.45) is 0. The van der Waals surface area contributed by atoms with Crippen LogP contribution in [-0.2, 0) is 0 Å². The number of anilines is 6. The highest BCUT2D eigenvalue weighted by atomic mass is 16.5. The molecule has 6 heteroatoms. The maximum Gasteiger partial charge on any atom is 0.151 e. The second-order valence-corrected chi connectivity index (χ2v) is 15.7. The average molecular weight is 795 g/mol. The minimum absolute atomic E-state index is 0.807. The summed E-state index contributed by atoms with van der Waals surface area (Å²) in [7, 11) is 0. The first-order valence-corrected chi connectivity index (χ1v) is 20.8. The number of fused-ring (bicyclic) bond motifs is 8. The van der Waals surface area contributed by atoms with Crippen LogP contribution < -0.4 is 19.3 Å². The van der Waals surface area contributed by atoms with Gasteiger partial charge < -0.3 is 19.3 Å². The third kappa shape index (κ3) is 5.30. The molecule has 2 aliphatic rings. The van der Waals surface area contributed by atoms with Crippen LogP contribution in [0.3, 0.4) is 0 Å². The van der Waals surface area contributed by atoms with E-state index in [-0.39, 0.29) is 0 Å². The van der Waals surface area contributed by atoms with Gasteiger partial charge in [-0.3, -0.25) is 0 Å². The second kappa shape index (κ2) is 13.5. The summed E-state index contributed by atoms with van der Waals surface area (Å²) >= 11 is 0. The molecule has 0 unspecified atom stereocenters. The van der Waals surface area contributed by atoms with E-state index in [1.807, 2.05) is 48.5 Å². The molecule has 0 bridgehead atoms. The number of pyridine rings is 2. The van der Waals surface area contributed by atoms with Crippen molar-refractivity contribution in [3.8, 4) is 45.5 Å². The molecule has 62 heavy (non-hydrogen) atoms. The highest BCUT2D eigenvalue weighted by Crippen LogP contribution is 2.54. The summed E-state index contributed by atoms with van der Waals surface area (Å²) in [4.78, 5) is 15.4. The van der Waals surface area contributed by atoms with E-state index < -0.39 is 0 Å². The lowest BCUT2D eigenvalue weighted by Crippen LogP contribution is -2.16. The van der Waals surface area contributed by atoms with Gasteiger partial charge in [0.2, 0.25) is 0 Å². The topological polar surface area (TPSA) is 50.7 Å². The van der Waals surface area contributed by atoms with Crippen molar-refractivity contribution < 1.29 is 9.47 Å². The van der Waals surface area contributed by atoms with E-state index in [0.29, 0.717) is 0 Å². The molecule has 0 saturated carbocycles. The van der Waals surface area contributed by atoms with Crippen LogP contribution in [0.1, 0.15) is 0 Å². The van der Waals surface area contributed by atoms with Gasteiger partial charge in [0.1, 0.15) is 0 Å². The fourth-order valence-corrected chi connectivity index (χ4v) is 9.41. The molecule has 13 rings (SSSR count). The predicted molar refractivity (Wildman–Crippen MR) is 252 cm³/mol. The lowest BCUT2D eigenvalue weighted by molar-refractivity contribution is 0.477. The van der Waals surface area contributed by atoms with Crippen molar-refractivity contribution in [1.29, 1.82) is 0 Å². The number of rotatable bonds is 4. The molecule has 6 nitrogen and oxygen atoms in total. The largest absolute Gasteiger partial charge is 0.453 e. The lowest BCUT2D eigenvalue weighted by Gasteiger charge is -2.33. The summed E-state index contributed by atoms with van der Waals surface area (Å²) in [5.74, 6) is 3.23. The molecule has 0 aliphatic carbocycles. The van der Waals surface area contributed by atoms with Gasteiger partial charge in [0.15, 0.2) is 23.0 Å². The Balaban J connectivity index is 1.15. The minimum atomic E-state index is 0.807. The zero-order valence-corrected chi connectivity index (χ0v) is 33.2. The Morgan fingerprint density at radius 1 is 0.306 bits per heavy atom. The van der Waals surface area contributed by atoms with Crippen LogP contribution >= 0.6 is 0 Å². The van der Waals surface area contributed by atoms with Crippen molar-refractivity contribution in [3.63, 3.8) is 0 Å². The highest BCUT2D eigenvalue weighted by Gasteiger charge is 2.29. The molecular formula is C56H34N4O2. The lowest BCUT2D eigenvalue weighted by atomic mass is 9.87. The Kier molecular flexibility index (Phi) is 7.50. The maximum atomic E-state index is 6.45. The molecule has 0 N–H and O–H groups in total. The van der Waals surface area contributed by atoms with Crippen molar-refractivity contribution in [2.45, 2.75) is 0 Å². The monoisotopic (exact) mass is 794 g/mol. The van der Waals surface area contributed by atoms with E-state index >= 15 is 0 Å². The Morgan fingerprint density at radius 2 is 0.661 bits per heavy atom. The molecule has 2 aromatic heterocycles. The van der Waals surface area contributed by atoms with E-state index in [1.165, 1.54) is 0 Å². The number of hydrogen-bond acceptors (Lipinski definition) is 6. The number of benzene rings is 9. The van der Waals surface area contributed by atoms with Gasteiger partial charge in [-0.1, -0.05) is 109 Å². The first-order chi connectivity index (χ1) is 30.7. The summed E-state index contributed by atoms with van der Waals surface area (Å²) < 4.78 is 12.9. The molecule has 11 aromatic rings. The van der Waals surface area contributed by atoms with E-state index in [0.717, 1.165) is 123 Å². The quantitative estimate of drug-likeness (QED) is 0.165. The van der Waals surface area contributed by atoms with Gasteiger partial charge in [-0.2, -0.15) is 0 Å². The summed E-state index contributed by atoms with van der Waals surface area (Å²) in [6.45, 7) is 0. The van der Waals surface area contributed by atoms with Gasteiger partial charge in [0, 0.05) is 33.3 Å². The van der Waals surface area contributed by atoms with Crippen LogP contribution in [0.15, 0.2) is 206 Å². The highest BCUT2D eigenvalue weighted by molar-refractivity contribution is 6.22. The van der Waals surface area contributed by atoms with Gasteiger partial charge in [0.25, 0.3) is 0 Å². The molecule has 0 amide bonds. The first kappa shape index (κ1) is 34.4. The molecule has 290 valence electrons. The third-order valence-corrected chi connectivity index (χ3v) is 12.2. The molecule has 4 heterocycles. The van der Waals surface area contributed by atoms with Gasteiger partial charge in [-0.05, 0) is 119 Å². The van der Waals surface area contributed by atoms with Crippen LogP contribution in [0.2, 0.25) is 0 Å². The summed E-state index contributed by atoms with van der Waals surface area (Å²) in [5, 5.41) is 6.47. The zero-order valence-electron chi connectivity index (χ0n) is 33.2. The molecule has 0 radical (unpaired) electrons. The van der Waals surface area contributed by atoms with Gasteiger partial charge in [-0.25, -0.2) is 9.97 Å². The van der Waals surface area contributed by atoms with Crippen molar-refractivity contribution in [2.24, 2.45) is 0 Å². The number of aromatic nitrogens is 2. The van der Waals surface area contributed by atoms with E-state index in [1.54, 1.807) is 0 Å². The Bertz CT molecular complexity index is 3310. The Hall–Kier alpha value is -8.48. The molecular weight excluding hydrogens is 761 g/mol. The number of nitrogens with zero attached hydrogens (tertiary/aromatic N) is 4. The van der Waals surface area contributed by atoms with Crippen LogP contribution in [0, 0.1) is 0 Å². The molecule has 0 atom stereocenters. The minimum Gasteiger partial charge on any atom is -0.453 e. The van der Waals surface area contributed by atoms with E-state index in [4.69, 9.17) is 19.4 Å². The molecule has 9 aromatic carbocycles. The standard InChI is InChI=1S/C56H34N4O2/c1-3-15-43-35(13-1)25-31-45(57-43)55-39-29-27-38(60-49-19-7-11-23-53(49)62-54-24-12-8-20-50(54)60)34-42(39)56(46-32-26-36-14-2-4-16-44(36)58-46)40-30-28-37(33-41(40)55)59-47-17-5-9-21-51(47)61-52-22-10-6-18-48(52)59/h1-34H. The zero-order chi connectivity index (χ0) is 40.7. The van der Waals surface area contributed by atoms with Crippen LogP contribution in [0.25, 0.3) is 65.9 Å². The van der Waals surface area contributed by atoms with Crippen molar-refractivity contribution in [1.82, 2.24) is 9.97 Å². The fraction of sp³-hybridized carbons (Fsp3) is 0. The van der Waals surface area contributed by atoms with Crippen LogP contribution in [0.5, 0.6) is 23.0 Å². The summed E-state index contributed by atoms with van der Waals surface area (Å²) in [6, 6.07) is 72.0. The van der Waals surface area contributed by atoms with Crippen molar-refractivity contribution in [2.75, 3.05) is 9.80 Å². The second-order valence-electron chi connectivity index (χ2n) is 15.7. The summed E-state index contributed by atoms with van der Waals surface area (Å²) in [5.41, 5.74) is 11.7. The number of ether oxygens (including phenoxy) is 2. The van der Waals surface area contributed by atoms with Crippen molar-refractivity contribution in [3.05, 3.63) is 206 Å². The van der Waals surface area contributed by atoms with E-state index in [2.05, 4.69) is 168 Å². The predicted octanol–water partition coefficient (Wildman–Crippen LogP) is 15.6. The Morgan fingerprint density at radius 3 is 1.06 bits per heavy atom. The van der Waals surface area contributed by atoms with Gasteiger partial charge >= 0.3 is 0 Å². The first-order valence-electron chi connectivity index (χ1n) is 20.8. The number of para-hydroxylation sites is 10. The molecule has 2 aliphatic heterocycles. The van der Waals surface area contributed by atoms with Gasteiger partial charge in [-0.15, -0.1) is 0 Å². The molecule has 0 saturated heterocycles. The van der Waals surface area contributed by atoms with Crippen LogP contribution in [-0.4, -0.2) is 9.97 Å². The fourth-order valence-electron chi connectivity index (χ4n) is 9.41. The van der Waals surface area contributed by atoms with Crippen LogP contribution in [0.4, 0.5) is 34.1 Å². The maximum absolute atomic E-state index is 6.45. The Labute approximate surface area is 357 Å². The SMILES string of the molecule is c1ccc2c(c1)Oc1ccccc1N2c1ccc2c(-c3ccc4ccccc4n3)c3cc(N4c5ccccc5Oc5ccccc54)ccc3c(-c3ccc4ccccc4n3)c2c1. The molecule has 0 spiro atoms. The average Bonchev–Trinajstić information content (AvgIpc) is 3.33. The van der Waals surface area contributed by atoms with E-state index in [9.17, 15) is 0 Å². The van der Waals surface area contributed by atoms with Gasteiger partial charge in [0.05, 0.1) is 45.2 Å². The smallest absolute Gasteiger partial charge is 0.151 e. The molecule has 0 fully saturated rings.